The normalized spacial score (nSPS) is 25.1. The van der Waals surface area contributed by atoms with E-state index in [1.807, 2.05) is 41.5 Å². The largest absolute Gasteiger partial charge is 0.481 e. The third-order valence-electron chi connectivity index (χ3n) is 11.3. The van der Waals surface area contributed by atoms with Crippen LogP contribution in [0.25, 0.3) is 0 Å². The van der Waals surface area contributed by atoms with E-state index in [9.17, 15) is 28.8 Å². The number of rotatable bonds is 4. The Balaban J connectivity index is 0.000000200. The molecule has 53 heavy (non-hydrogen) atoms. The van der Waals surface area contributed by atoms with Crippen LogP contribution in [0.1, 0.15) is 106 Å². The van der Waals surface area contributed by atoms with E-state index in [-0.39, 0.29) is 64.4 Å². The van der Waals surface area contributed by atoms with E-state index in [1.165, 1.54) is 0 Å². The fourth-order valence-electron chi connectivity index (χ4n) is 7.71. The predicted octanol–water partition coefficient (Wildman–Crippen LogP) is 4.10. The first-order chi connectivity index (χ1) is 24.7. The molecule has 6 aliphatic rings. The molecule has 4 N–H and O–H groups in total. The molecule has 4 saturated heterocycles. The number of carbonyl (C=O) groups is 6. The van der Waals surface area contributed by atoms with E-state index in [4.69, 9.17) is 29.8 Å². The van der Waals surface area contributed by atoms with Crippen molar-refractivity contribution in [3.05, 3.63) is 0 Å². The van der Waals surface area contributed by atoms with Gasteiger partial charge in [-0.15, -0.1) is 0 Å². The molecular formula is C38H62N4O11. The summed E-state index contributed by atoms with van der Waals surface area (Å²) in [5.41, 5.74) is 4.42. The van der Waals surface area contributed by atoms with Gasteiger partial charge in [0.15, 0.2) is 0 Å². The molecule has 6 rings (SSSR count). The summed E-state index contributed by atoms with van der Waals surface area (Å²) in [7, 11) is 0. The Kier molecular flexibility index (Phi) is 13.8. The number of ether oxygens (including phenoxy) is 4. The van der Waals surface area contributed by atoms with Crippen LogP contribution in [0.2, 0.25) is 0 Å². The van der Waals surface area contributed by atoms with Crippen LogP contribution in [0.4, 0.5) is 9.59 Å². The molecule has 0 bridgehead atoms. The summed E-state index contributed by atoms with van der Waals surface area (Å²) in [5, 5.41) is 11.1. The van der Waals surface area contributed by atoms with Gasteiger partial charge in [-0.2, -0.15) is 0 Å². The number of nitrogens with one attached hydrogen (secondary N) is 1. The summed E-state index contributed by atoms with van der Waals surface area (Å²) < 4.78 is 21.0. The highest BCUT2D eigenvalue weighted by Gasteiger charge is 2.60. The first-order valence-electron chi connectivity index (χ1n) is 19.2. The maximum Gasteiger partial charge on any atom is 0.410 e. The Hall–Kier alpha value is -3.46. The molecular weight excluding hydrogens is 688 g/mol. The number of imide groups is 1. The average Bonchev–Trinajstić information content (AvgIpc) is 4.00. The van der Waals surface area contributed by atoms with Crippen LogP contribution in [-0.4, -0.2) is 115 Å². The lowest BCUT2D eigenvalue weighted by Crippen LogP contribution is -2.44. The number of primary amides is 1. The quantitative estimate of drug-likeness (QED) is 0.349. The van der Waals surface area contributed by atoms with Crippen molar-refractivity contribution in [3.63, 3.8) is 0 Å². The molecule has 2 saturated carbocycles. The highest BCUT2D eigenvalue weighted by Crippen LogP contribution is 2.60. The Morgan fingerprint density at radius 3 is 1.36 bits per heavy atom. The van der Waals surface area contributed by atoms with Gasteiger partial charge in [0.2, 0.25) is 17.7 Å². The lowest BCUT2D eigenvalue weighted by atomic mass is 9.90. The van der Waals surface area contributed by atoms with Crippen LogP contribution >= 0.6 is 0 Å². The van der Waals surface area contributed by atoms with Gasteiger partial charge in [0, 0.05) is 70.4 Å². The number of amides is 5. The lowest BCUT2D eigenvalue weighted by molar-refractivity contribution is -0.144. The molecule has 5 amide bonds. The zero-order chi connectivity index (χ0) is 39.2. The first kappa shape index (κ1) is 42.3. The van der Waals surface area contributed by atoms with E-state index >= 15 is 0 Å². The van der Waals surface area contributed by atoms with Crippen LogP contribution in [0.15, 0.2) is 0 Å². The van der Waals surface area contributed by atoms with Gasteiger partial charge in [-0.05, 0) is 117 Å². The van der Waals surface area contributed by atoms with Crippen molar-refractivity contribution in [1.29, 1.82) is 0 Å². The fraction of sp³-hybridized carbons (Fsp3) is 0.842. The molecule has 0 aromatic rings. The third-order valence-corrected chi connectivity index (χ3v) is 11.3. The molecule has 4 aliphatic heterocycles. The van der Waals surface area contributed by atoms with Crippen molar-refractivity contribution in [2.45, 2.75) is 117 Å². The fourth-order valence-corrected chi connectivity index (χ4v) is 7.71. The van der Waals surface area contributed by atoms with E-state index in [2.05, 4.69) is 5.32 Å². The Bertz CT molecular complexity index is 1330. The van der Waals surface area contributed by atoms with Crippen LogP contribution in [0.5, 0.6) is 0 Å². The summed E-state index contributed by atoms with van der Waals surface area (Å²) in [6, 6.07) is 0. The standard InChI is InChI=1S/C19H30N2O5.C13H22N2O3.C6H10O3/c1-18(2,3)26-17(24)21-8-6-19(7-9-21)12-14(19)16(23)20-15(22)13-4-10-25-11-5-13;1-12(2,3)18-11(17)15-6-4-13(5-7-15)8-9(13)10(14)16;7-6(8)5-1-3-9-4-2-5/h13-14H,4-12H2,1-3H3,(H,20,22,23);9H,4-8H2,1-3H3,(H2,14,16);5H,1-4H2,(H,7,8). The van der Waals surface area contributed by atoms with E-state index in [1.54, 1.807) is 9.80 Å². The molecule has 15 nitrogen and oxygen atoms in total. The molecule has 2 spiro atoms. The number of carboxylic acid groups (broad SMARTS) is 1. The van der Waals surface area contributed by atoms with E-state index in [0.717, 1.165) is 38.5 Å². The number of nitrogens with two attached hydrogens (primary N) is 1. The zero-order valence-corrected chi connectivity index (χ0v) is 32.5. The average molecular weight is 751 g/mol. The minimum absolute atomic E-state index is 0.0262. The number of nitrogens with zero attached hydrogens (tertiary/aromatic N) is 2. The molecule has 0 aromatic carbocycles. The topological polar surface area (TPSA) is 204 Å². The van der Waals surface area contributed by atoms with Crippen molar-refractivity contribution in [2.24, 2.45) is 40.2 Å². The highest BCUT2D eigenvalue weighted by atomic mass is 16.6. The Labute approximate surface area is 313 Å². The van der Waals surface area contributed by atoms with E-state index in [0.29, 0.717) is 78.3 Å². The SMILES string of the molecule is CC(C)(C)OC(=O)N1CCC2(CC1)CC2C(=O)NC(=O)C1CCOCC1.CC(C)(C)OC(=O)N1CCC2(CC1)CC2C(N)=O.O=C(O)C1CCOCC1. The van der Waals surface area contributed by atoms with Crippen molar-refractivity contribution in [1.82, 2.24) is 15.1 Å². The van der Waals surface area contributed by atoms with Gasteiger partial charge in [0.05, 0.1) is 5.92 Å². The number of aliphatic carboxylic acids is 1. The first-order valence-corrected chi connectivity index (χ1v) is 19.2. The predicted molar refractivity (Wildman–Crippen MR) is 192 cm³/mol. The van der Waals surface area contributed by atoms with Gasteiger partial charge >= 0.3 is 18.2 Å². The van der Waals surface area contributed by atoms with E-state index < -0.39 is 17.2 Å². The van der Waals surface area contributed by atoms with Crippen molar-refractivity contribution < 1.29 is 52.8 Å². The molecule has 6 fully saturated rings. The molecule has 300 valence electrons. The van der Waals surface area contributed by atoms with Gasteiger partial charge in [-0.25, -0.2) is 9.59 Å². The van der Waals surface area contributed by atoms with Crippen LogP contribution in [0, 0.1) is 34.5 Å². The minimum Gasteiger partial charge on any atom is -0.481 e. The third kappa shape index (κ3) is 12.3. The summed E-state index contributed by atoms with van der Waals surface area (Å²) >= 11 is 0. The zero-order valence-electron chi connectivity index (χ0n) is 32.5. The molecule has 2 unspecified atom stereocenters. The molecule has 15 heteroatoms. The maximum atomic E-state index is 12.5. The van der Waals surface area contributed by atoms with Crippen molar-refractivity contribution >= 4 is 35.9 Å². The van der Waals surface area contributed by atoms with Gasteiger partial charge in [0.25, 0.3) is 0 Å². The number of piperidine rings is 2. The van der Waals surface area contributed by atoms with Crippen LogP contribution in [0.3, 0.4) is 0 Å². The van der Waals surface area contributed by atoms with Crippen molar-refractivity contribution in [2.75, 3.05) is 52.6 Å². The molecule has 0 aromatic heterocycles. The number of carboxylic acids is 1. The minimum atomic E-state index is -0.682. The summed E-state index contributed by atoms with van der Waals surface area (Å²) in [6.45, 7) is 16.1. The van der Waals surface area contributed by atoms with Gasteiger partial charge in [-0.3, -0.25) is 24.5 Å². The monoisotopic (exact) mass is 750 g/mol. The Morgan fingerprint density at radius 1 is 0.642 bits per heavy atom. The second-order valence-electron chi connectivity index (χ2n) is 17.5. The highest BCUT2D eigenvalue weighted by molar-refractivity contribution is 5.98. The smallest absolute Gasteiger partial charge is 0.410 e. The summed E-state index contributed by atoms with van der Waals surface area (Å²) in [6.07, 6.45) is 7.17. The van der Waals surface area contributed by atoms with Gasteiger partial charge < -0.3 is 39.6 Å². The number of hydrogen-bond acceptors (Lipinski definition) is 10. The number of likely N-dealkylation sites (tertiary alicyclic amines) is 2. The van der Waals surface area contributed by atoms with Crippen molar-refractivity contribution in [3.8, 4) is 0 Å². The second kappa shape index (κ2) is 17.3. The Morgan fingerprint density at radius 2 is 1.02 bits per heavy atom. The van der Waals surface area contributed by atoms with Crippen LogP contribution < -0.4 is 11.1 Å². The van der Waals surface area contributed by atoms with Gasteiger partial charge in [0.1, 0.15) is 11.2 Å². The molecule has 2 aliphatic carbocycles. The maximum absolute atomic E-state index is 12.5. The van der Waals surface area contributed by atoms with Gasteiger partial charge in [-0.1, -0.05) is 0 Å². The lowest BCUT2D eigenvalue weighted by Gasteiger charge is -2.34. The molecule has 4 heterocycles. The van der Waals surface area contributed by atoms with Crippen LogP contribution in [-0.2, 0) is 38.1 Å². The number of carbonyl (C=O) groups excluding carboxylic acids is 5. The molecule has 2 atom stereocenters. The summed E-state index contributed by atoms with van der Waals surface area (Å²) in [5.74, 6) is -1.53. The molecule has 0 radical (unpaired) electrons. The summed E-state index contributed by atoms with van der Waals surface area (Å²) in [4.78, 5) is 73.6. The number of hydrogen-bond donors (Lipinski definition) is 3. The second-order valence-corrected chi connectivity index (χ2v) is 17.5.